The van der Waals surface area contributed by atoms with E-state index in [9.17, 15) is 0 Å². The van der Waals surface area contributed by atoms with Crippen molar-refractivity contribution in [3.63, 3.8) is 0 Å². The molecule has 1 aromatic rings. The second-order valence-electron chi connectivity index (χ2n) is 4.50. The SMILES string of the molecule is CO[C@]1(C)C=C[C@@](C)(OC)c2ccccc21. The molecular formula is C14H18O2. The fourth-order valence-electron chi connectivity index (χ4n) is 2.20. The van der Waals surface area contributed by atoms with Crippen LogP contribution in [0.25, 0.3) is 0 Å². The minimum absolute atomic E-state index is 0.353. The van der Waals surface area contributed by atoms with Gasteiger partial charge in [-0.05, 0) is 37.1 Å². The van der Waals surface area contributed by atoms with Crippen LogP contribution < -0.4 is 0 Å². The zero-order chi connectivity index (χ0) is 11.8. The van der Waals surface area contributed by atoms with Crippen LogP contribution in [0.2, 0.25) is 0 Å². The van der Waals surface area contributed by atoms with Crippen LogP contribution in [-0.4, -0.2) is 14.2 Å². The standard InChI is InChI=1S/C14H18O2/c1-13(15-3)9-10-14(2,16-4)12-8-6-5-7-11(12)13/h5-10H,1-4H3/t13-,14-/m1/s1. The Morgan fingerprint density at radius 3 is 1.50 bits per heavy atom. The van der Waals surface area contributed by atoms with Gasteiger partial charge in [-0.15, -0.1) is 0 Å². The largest absolute Gasteiger partial charge is 0.370 e. The zero-order valence-corrected chi connectivity index (χ0v) is 10.3. The first-order valence-corrected chi connectivity index (χ1v) is 5.46. The Bertz CT molecular complexity index is 385. The van der Waals surface area contributed by atoms with Crippen LogP contribution >= 0.6 is 0 Å². The monoisotopic (exact) mass is 218 g/mol. The molecule has 0 bridgehead atoms. The third-order valence-corrected chi connectivity index (χ3v) is 3.56. The maximum absolute atomic E-state index is 5.60. The summed E-state index contributed by atoms with van der Waals surface area (Å²) in [4.78, 5) is 0. The van der Waals surface area contributed by atoms with Crippen molar-refractivity contribution in [2.75, 3.05) is 14.2 Å². The molecule has 2 rings (SSSR count). The van der Waals surface area contributed by atoms with Gasteiger partial charge in [0, 0.05) is 14.2 Å². The van der Waals surface area contributed by atoms with E-state index in [1.165, 1.54) is 11.1 Å². The second kappa shape index (κ2) is 3.72. The van der Waals surface area contributed by atoms with Gasteiger partial charge in [-0.2, -0.15) is 0 Å². The van der Waals surface area contributed by atoms with Crippen molar-refractivity contribution in [1.29, 1.82) is 0 Å². The van der Waals surface area contributed by atoms with Gasteiger partial charge in [-0.3, -0.25) is 0 Å². The van der Waals surface area contributed by atoms with E-state index in [-0.39, 0.29) is 11.2 Å². The topological polar surface area (TPSA) is 18.5 Å². The van der Waals surface area contributed by atoms with E-state index in [2.05, 4.69) is 38.1 Å². The molecule has 1 aromatic carbocycles. The lowest BCUT2D eigenvalue weighted by Gasteiger charge is -2.38. The summed E-state index contributed by atoms with van der Waals surface area (Å²) in [5, 5.41) is 0. The summed E-state index contributed by atoms with van der Waals surface area (Å²) in [6.07, 6.45) is 4.14. The van der Waals surface area contributed by atoms with Gasteiger partial charge in [-0.25, -0.2) is 0 Å². The zero-order valence-electron chi connectivity index (χ0n) is 10.3. The van der Waals surface area contributed by atoms with E-state index in [0.717, 1.165) is 0 Å². The first kappa shape index (κ1) is 11.4. The summed E-state index contributed by atoms with van der Waals surface area (Å²) < 4.78 is 11.2. The van der Waals surface area contributed by atoms with Gasteiger partial charge in [-0.1, -0.05) is 24.3 Å². The van der Waals surface area contributed by atoms with Crippen LogP contribution in [0.15, 0.2) is 36.4 Å². The highest BCUT2D eigenvalue weighted by molar-refractivity contribution is 5.45. The quantitative estimate of drug-likeness (QED) is 0.710. The number of hydrogen-bond donors (Lipinski definition) is 0. The van der Waals surface area contributed by atoms with Crippen LogP contribution in [0.4, 0.5) is 0 Å². The molecule has 0 aliphatic heterocycles. The number of fused-ring (bicyclic) bond motifs is 1. The fraction of sp³-hybridized carbons (Fsp3) is 0.429. The molecule has 0 unspecified atom stereocenters. The molecule has 0 spiro atoms. The van der Waals surface area contributed by atoms with Crippen molar-refractivity contribution in [2.24, 2.45) is 0 Å². The predicted octanol–water partition coefficient (Wildman–Crippen LogP) is 2.98. The van der Waals surface area contributed by atoms with E-state index in [4.69, 9.17) is 9.47 Å². The Morgan fingerprint density at radius 2 is 1.19 bits per heavy atom. The molecule has 0 heterocycles. The van der Waals surface area contributed by atoms with Gasteiger partial charge < -0.3 is 9.47 Å². The first-order valence-electron chi connectivity index (χ1n) is 5.46. The summed E-state index contributed by atoms with van der Waals surface area (Å²) in [5.41, 5.74) is 1.64. The maximum Gasteiger partial charge on any atom is 0.108 e. The summed E-state index contributed by atoms with van der Waals surface area (Å²) >= 11 is 0. The van der Waals surface area contributed by atoms with Crippen molar-refractivity contribution in [3.05, 3.63) is 47.5 Å². The Kier molecular flexibility index (Phi) is 2.64. The summed E-state index contributed by atoms with van der Waals surface area (Å²) in [6.45, 7) is 4.13. The number of rotatable bonds is 2. The normalized spacial score (nSPS) is 32.5. The van der Waals surface area contributed by atoms with Crippen molar-refractivity contribution in [3.8, 4) is 0 Å². The molecule has 0 fully saturated rings. The van der Waals surface area contributed by atoms with Crippen LogP contribution in [0.1, 0.15) is 25.0 Å². The molecule has 0 N–H and O–H groups in total. The van der Waals surface area contributed by atoms with Gasteiger partial charge in [0.25, 0.3) is 0 Å². The Hall–Kier alpha value is -1.12. The molecule has 2 atom stereocenters. The minimum Gasteiger partial charge on any atom is -0.370 e. The highest BCUT2D eigenvalue weighted by atomic mass is 16.5. The highest BCUT2D eigenvalue weighted by Gasteiger charge is 2.37. The van der Waals surface area contributed by atoms with Gasteiger partial charge in [0.2, 0.25) is 0 Å². The van der Waals surface area contributed by atoms with Crippen LogP contribution in [-0.2, 0) is 20.7 Å². The lowest BCUT2D eigenvalue weighted by molar-refractivity contribution is 0.00928. The summed E-state index contributed by atoms with van der Waals surface area (Å²) in [7, 11) is 3.47. The lowest BCUT2D eigenvalue weighted by atomic mass is 9.78. The number of ether oxygens (including phenoxy) is 2. The first-order chi connectivity index (χ1) is 7.56. The number of hydrogen-bond acceptors (Lipinski definition) is 2. The third kappa shape index (κ3) is 1.49. The van der Waals surface area contributed by atoms with Gasteiger partial charge >= 0.3 is 0 Å². The van der Waals surface area contributed by atoms with Crippen LogP contribution in [0.5, 0.6) is 0 Å². The van der Waals surface area contributed by atoms with Gasteiger partial charge in [0.05, 0.1) is 0 Å². The molecule has 0 radical (unpaired) electrons. The number of methoxy groups -OCH3 is 2. The molecule has 2 nitrogen and oxygen atoms in total. The molecule has 1 aliphatic rings. The number of benzene rings is 1. The lowest BCUT2D eigenvalue weighted by Crippen LogP contribution is -2.35. The third-order valence-electron chi connectivity index (χ3n) is 3.56. The summed E-state index contributed by atoms with van der Waals surface area (Å²) in [6, 6.07) is 8.26. The molecule has 86 valence electrons. The molecule has 0 saturated carbocycles. The van der Waals surface area contributed by atoms with Crippen molar-refractivity contribution >= 4 is 0 Å². The van der Waals surface area contributed by atoms with Crippen LogP contribution in [0, 0.1) is 0 Å². The maximum atomic E-state index is 5.60. The van der Waals surface area contributed by atoms with E-state index < -0.39 is 0 Å². The van der Waals surface area contributed by atoms with E-state index in [1.54, 1.807) is 14.2 Å². The minimum atomic E-state index is -0.353. The Balaban J connectivity index is 2.64. The van der Waals surface area contributed by atoms with E-state index in [0.29, 0.717) is 0 Å². The summed E-state index contributed by atoms with van der Waals surface area (Å²) in [5.74, 6) is 0. The Labute approximate surface area is 96.9 Å². The fourth-order valence-corrected chi connectivity index (χ4v) is 2.20. The average molecular weight is 218 g/mol. The van der Waals surface area contributed by atoms with E-state index in [1.807, 2.05) is 12.1 Å². The molecule has 16 heavy (non-hydrogen) atoms. The van der Waals surface area contributed by atoms with Gasteiger partial charge in [0.1, 0.15) is 11.2 Å². The molecule has 1 aliphatic carbocycles. The van der Waals surface area contributed by atoms with Crippen molar-refractivity contribution in [1.82, 2.24) is 0 Å². The molecule has 0 saturated heterocycles. The average Bonchev–Trinajstić information content (AvgIpc) is 2.35. The van der Waals surface area contributed by atoms with Crippen molar-refractivity contribution in [2.45, 2.75) is 25.0 Å². The molecular weight excluding hydrogens is 200 g/mol. The smallest absolute Gasteiger partial charge is 0.108 e. The molecule has 0 amide bonds. The second-order valence-corrected chi connectivity index (χ2v) is 4.50. The van der Waals surface area contributed by atoms with E-state index >= 15 is 0 Å². The highest BCUT2D eigenvalue weighted by Crippen LogP contribution is 2.41. The van der Waals surface area contributed by atoms with Gasteiger partial charge in [0.15, 0.2) is 0 Å². The van der Waals surface area contributed by atoms with Crippen LogP contribution in [0.3, 0.4) is 0 Å². The molecule has 2 heteroatoms. The Morgan fingerprint density at radius 1 is 0.812 bits per heavy atom. The van der Waals surface area contributed by atoms with Crippen molar-refractivity contribution < 1.29 is 9.47 Å². The predicted molar refractivity (Wildman–Crippen MR) is 64.3 cm³/mol. The molecule has 0 aromatic heterocycles.